The van der Waals surface area contributed by atoms with Gasteiger partial charge in [0.1, 0.15) is 5.76 Å². The molecule has 4 aromatic rings. The Bertz CT molecular complexity index is 1210. The highest BCUT2D eigenvalue weighted by molar-refractivity contribution is 7.89. The second-order valence-electron chi connectivity index (χ2n) is 6.34. The Hall–Kier alpha value is -3.43. The molecule has 0 aliphatic rings. The van der Waals surface area contributed by atoms with Gasteiger partial charge in [-0.25, -0.2) is 23.5 Å². The molecule has 4 rings (SSSR count). The molecule has 0 aliphatic carbocycles. The van der Waals surface area contributed by atoms with Gasteiger partial charge < -0.3 is 9.40 Å². The molecule has 0 saturated carbocycles. The van der Waals surface area contributed by atoms with Crippen molar-refractivity contribution in [2.75, 3.05) is 5.43 Å². The topological polar surface area (TPSA) is 112 Å². The van der Waals surface area contributed by atoms with Gasteiger partial charge in [0.05, 0.1) is 34.4 Å². The Labute approximate surface area is 167 Å². The van der Waals surface area contributed by atoms with E-state index in [1.165, 1.54) is 6.26 Å². The molecule has 0 unspecified atom stereocenters. The number of aromatic amines is 1. The van der Waals surface area contributed by atoms with Gasteiger partial charge >= 0.3 is 0 Å². The molecule has 2 heterocycles. The van der Waals surface area contributed by atoms with E-state index in [9.17, 15) is 8.42 Å². The van der Waals surface area contributed by atoms with E-state index >= 15 is 0 Å². The maximum atomic E-state index is 12.4. The number of nitrogens with one attached hydrogen (secondary N) is 3. The second kappa shape index (κ2) is 7.90. The Kier molecular flexibility index (Phi) is 5.15. The summed E-state index contributed by atoms with van der Waals surface area (Å²) in [7, 11) is -3.63. The van der Waals surface area contributed by atoms with Gasteiger partial charge in [0.2, 0.25) is 16.0 Å². The van der Waals surface area contributed by atoms with Crippen LogP contribution in [0.15, 0.2) is 81.3 Å². The van der Waals surface area contributed by atoms with Crippen molar-refractivity contribution >= 4 is 32.7 Å². The fourth-order valence-corrected chi connectivity index (χ4v) is 3.74. The van der Waals surface area contributed by atoms with Gasteiger partial charge in [-0.1, -0.05) is 24.3 Å². The zero-order valence-corrected chi connectivity index (χ0v) is 16.4. The van der Waals surface area contributed by atoms with Crippen molar-refractivity contribution in [2.45, 2.75) is 18.4 Å². The van der Waals surface area contributed by atoms with E-state index in [4.69, 9.17) is 4.42 Å². The lowest BCUT2D eigenvalue weighted by Crippen LogP contribution is -2.23. The number of hydrazone groups is 1. The number of rotatable bonds is 7. The Morgan fingerprint density at radius 1 is 1.10 bits per heavy atom. The quantitative estimate of drug-likeness (QED) is 0.320. The van der Waals surface area contributed by atoms with Gasteiger partial charge in [-0.2, -0.15) is 5.10 Å². The van der Waals surface area contributed by atoms with Crippen LogP contribution in [-0.2, 0) is 16.6 Å². The number of imidazole rings is 1. The summed E-state index contributed by atoms with van der Waals surface area (Å²) in [5.74, 6) is 1.08. The van der Waals surface area contributed by atoms with Crippen molar-refractivity contribution in [2.24, 2.45) is 5.10 Å². The zero-order chi connectivity index (χ0) is 20.3. The number of fused-ring (bicyclic) bond motifs is 1. The second-order valence-corrected chi connectivity index (χ2v) is 8.11. The average Bonchev–Trinajstić information content (AvgIpc) is 3.40. The van der Waals surface area contributed by atoms with Crippen molar-refractivity contribution in [1.29, 1.82) is 0 Å². The molecule has 0 aliphatic heterocycles. The van der Waals surface area contributed by atoms with Crippen LogP contribution in [0.1, 0.15) is 18.2 Å². The fourth-order valence-electron chi connectivity index (χ4n) is 2.75. The molecule has 0 atom stereocenters. The van der Waals surface area contributed by atoms with E-state index in [0.717, 1.165) is 16.6 Å². The molecule has 29 heavy (non-hydrogen) atoms. The molecule has 3 N–H and O–H groups in total. The molecule has 2 aromatic heterocycles. The molecule has 8 nitrogen and oxygen atoms in total. The first kappa shape index (κ1) is 18.9. The molecule has 2 aromatic carbocycles. The van der Waals surface area contributed by atoms with Crippen LogP contribution in [0.4, 0.5) is 5.95 Å². The van der Waals surface area contributed by atoms with Crippen LogP contribution in [0.5, 0.6) is 0 Å². The lowest BCUT2D eigenvalue weighted by Gasteiger charge is -2.07. The zero-order valence-electron chi connectivity index (χ0n) is 15.6. The molecule has 0 spiro atoms. The van der Waals surface area contributed by atoms with E-state index in [2.05, 4.69) is 25.2 Å². The van der Waals surface area contributed by atoms with Crippen molar-refractivity contribution < 1.29 is 12.8 Å². The molecule has 0 fully saturated rings. The summed E-state index contributed by atoms with van der Waals surface area (Å²) in [5.41, 5.74) is 6.14. The number of anilines is 1. The van der Waals surface area contributed by atoms with Crippen LogP contribution in [0.2, 0.25) is 0 Å². The molecule has 0 amide bonds. The van der Waals surface area contributed by atoms with E-state index in [0.29, 0.717) is 17.4 Å². The number of furan rings is 1. The van der Waals surface area contributed by atoms with Crippen LogP contribution in [0, 0.1) is 0 Å². The smallest absolute Gasteiger partial charge is 0.240 e. The molecule has 0 bridgehead atoms. The Morgan fingerprint density at radius 2 is 1.90 bits per heavy atom. The lowest BCUT2D eigenvalue weighted by molar-refractivity contribution is 0.498. The first-order chi connectivity index (χ1) is 14.0. The van der Waals surface area contributed by atoms with Gasteiger partial charge in [0, 0.05) is 0 Å². The first-order valence-electron chi connectivity index (χ1n) is 8.89. The van der Waals surface area contributed by atoms with Gasteiger partial charge in [0.25, 0.3) is 0 Å². The summed E-state index contributed by atoms with van der Waals surface area (Å²) < 4.78 is 32.4. The summed E-state index contributed by atoms with van der Waals surface area (Å²) in [6.07, 6.45) is 1.50. The Morgan fingerprint density at radius 3 is 2.62 bits per heavy atom. The van der Waals surface area contributed by atoms with Crippen molar-refractivity contribution in [1.82, 2.24) is 14.7 Å². The number of hydrogen-bond donors (Lipinski definition) is 3. The maximum Gasteiger partial charge on any atom is 0.240 e. The van der Waals surface area contributed by atoms with Crippen molar-refractivity contribution in [3.63, 3.8) is 0 Å². The molecular weight excluding hydrogens is 390 g/mol. The minimum absolute atomic E-state index is 0.0962. The number of H-pyrrole nitrogens is 1. The average molecular weight is 409 g/mol. The minimum atomic E-state index is -3.63. The van der Waals surface area contributed by atoms with Gasteiger partial charge in [-0.05, 0) is 48.9 Å². The first-order valence-corrected chi connectivity index (χ1v) is 10.4. The third-order valence-corrected chi connectivity index (χ3v) is 5.73. The monoisotopic (exact) mass is 409 g/mol. The number of hydrogen-bond acceptors (Lipinski definition) is 6. The van der Waals surface area contributed by atoms with Crippen LogP contribution in [0.3, 0.4) is 0 Å². The molecule has 0 radical (unpaired) electrons. The van der Waals surface area contributed by atoms with Crippen LogP contribution in [-0.4, -0.2) is 24.1 Å². The molecule has 9 heteroatoms. The maximum absolute atomic E-state index is 12.4. The van der Waals surface area contributed by atoms with E-state index in [-0.39, 0.29) is 11.4 Å². The van der Waals surface area contributed by atoms with Crippen LogP contribution < -0.4 is 10.1 Å². The highest BCUT2D eigenvalue weighted by Crippen LogP contribution is 2.15. The highest BCUT2D eigenvalue weighted by Gasteiger charge is 2.14. The Balaban J connectivity index is 1.44. The molecule has 148 valence electrons. The molecular formula is C20H19N5O3S. The van der Waals surface area contributed by atoms with Gasteiger partial charge in [-0.3, -0.25) is 0 Å². The van der Waals surface area contributed by atoms with Crippen molar-refractivity contribution in [3.05, 3.63) is 78.3 Å². The van der Waals surface area contributed by atoms with Gasteiger partial charge in [-0.15, -0.1) is 0 Å². The fraction of sp³-hybridized carbons (Fsp3) is 0.100. The van der Waals surface area contributed by atoms with Crippen LogP contribution in [0.25, 0.3) is 11.0 Å². The van der Waals surface area contributed by atoms with E-state index < -0.39 is 10.0 Å². The summed E-state index contributed by atoms with van der Waals surface area (Å²) in [6.45, 7) is 1.92. The largest absolute Gasteiger partial charge is 0.468 e. The standard InChI is InChI=1S/C20H19N5O3S/c1-14(24-25-20-22-18-6-2-3-7-19(18)23-20)15-8-10-17(11-9-15)29(26,27)21-13-16-5-4-12-28-16/h2-12,21H,13H2,1H3,(H2,22,23,25). The van der Waals surface area contributed by atoms with Crippen LogP contribution >= 0.6 is 0 Å². The summed E-state index contributed by atoms with van der Waals surface area (Å²) >= 11 is 0. The number of aromatic nitrogens is 2. The van der Waals surface area contributed by atoms with Gasteiger partial charge in [0.15, 0.2) is 0 Å². The summed E-state index contributed by atoms with van der Waals surface area (Å²) in [4.78, 5) is 7.70. The highest BCUT2D eigenvalue weighted by atomic mass is 32.2. The SMILES string of the molecule is CC(=NNc1nc2ccccc2[nH]1)c1ccc(S(=O)(=O)NCc2ccco2)cc1. The molecule has 0 saturated heterocycles. The lowest BCUT2D eigenvalue weighted by atomic mass is 10.1. The summed E-state index contributed by atoms with van der Waals surface area (Å²) in [5, 5.41) is 4.32. The predicted octanol–water partition coefficient (Wildman–Crippen LogP) is 3.47. The number of sulfonamides is 1. The third kappa shape index (κ3) is 4.36. The number of benzene rings is 2. The van der Waals surface area contributed by atoms with E-state index in [1.807, 2.05) is 31.2 Å². The predicted molar refractivity (Wildman–Crippen MR) is 111 cm³/mol. The number of para-hydroxylation sites is 2. The van der Waals surface area contributed by atoms with Crippen molar-refractivity contribution in [3.8, 4) is 0 Å². The third-order valence-electron chi connectivity index (χ3n) is 4.32. The van der Waals surface area contributed by atoms with E-state index in [1.54, 1.807) is 36.4 Å². The minimum Gasteiger partial charge on any atom is -0.468 e. The summed E-state index contributed by atoms with van der Waals surface area (Å²) in [6, 6.07) is 17.6. The normalized spacial score (nSPS) is 12.4. The number of nitrogens with zero attached hydrogens (tertiary/aromatic N) is 2.